The van der Waals surface area contributed by atoms with Crippen LogP contribution in [0.1, 0.15) is 10.5 Å². The van der Waals surface area contributed by atoms with E-state index in [0.717, 1.165) is 5.39 Å². The molecule has 5 nitrogen and oxygen atoms in total. The van der Waals surface area contributed by atoms with Crippen LogP contribution < -0.4 is 0 Å². The molecule has 2 aromatic rings. The van der Waals surface area contributed by atoms with E-state index in [2.05, 4.69) is 4.74 Å². The van der Waals surface area contributed by atoms with Gasteiger partial charge in [0.2, 0.25) is 0 Å². The van der Waals surface area contributed by atoms with Gasteiger partial charge in [0.25, 0.3) is 0 Å². The molecule has 1 aromatic heterocycles. The Hall–Kier alpha value is -2.30. The van der Waals surface area contributed by atoms with E-state index in [4.69, 9.17) is 5.11 Å². The van der Waals surface area contributed by atoms with Crippen molar-refractivity contribution in [2.24, 2.45) is 0 Å². The lowest BCUT2D eigenvalue weighted by Gasteiger charge is -2.06. The second-order valence-electron chi connectivity index (χ2n) is 3.56. The standard InChI is InChI=1S/C12H11NO4/c1-17-11(14)7-13-9-5-3-2-4-8(9)6-10(13)12(15)16/h2-6H,7H2,1H3,(H,15,16). The minimum atomic E-state index is -1.06. The van der Waals surface area contributed by atoms with Crippen molar-refractivity contribution < 1.29 is 19.4 Å². The molecule has 0 saturated heterocycles. The first-order valence-electron chi connectivity index (χ1n) is 5.02. The predicted octanol–water partition coefficient (Wildman–Crippen LogP) is 1.51. The maximum atomic E-state index is 11.3. The van der Waals surface area contributed by atoms with Crippen LogP contribution in [-0.2, 0) is 16.1 Å². The highest BCUT2D eigenvalue weighted by molar-refractivity contribution is 5.95. The number of fused-ring (bicyclic) bond motifs is 1. The summed E-state index contributed by atoms with van der Waals surface area (Å²) in [5, 5.41) is 9.87. The third kappa shape index (κ3) is 1.99. The Morgan fingerprint density at radius 2 is 2.06 bits per heavy atom. The number of carboxylic acids is 1. The lowest BCUT2D eigenvalue weighted by atomic mass is 10.2. The van der Waals surface area contributed by atoms with Gasteiger partial charge in [-0.05, 0) is 12.1 Å². The van der Waals surface area contributed by atoms with Crippen molar-refractivity contribution in [2.45, 2.75) is 6.54 Å². The molecule has 1 heterocycles. The summed E-state index contributed by atoms with van der Waals surface area (Å²) < 4.78 is 5.99. The number of para-hydroxylation sites is 1. The summed E-state index contributed by atoms with van der Waals surface area (Å²) in [6.45, 7) is -0.106. The molecule has 0 aliphatic carbocycles. The van der Waals surface area contributed by atoms with Crippen LogP contribution in [0.25, 0.3) is 10.9 Å². The molecule has 1 aromatic carbocycles. The van der Waals surface area contributed by atoms with Gasteiger partial charge < -0.3 is 14.4 Å². The Balaban J connectivity index is 2.59. The first-order valence-corrected chi connectivity index (χ1v) is 5.02. The number of methoxy groups -OCH3 is 1. The van der Waals surface area contributed by atoms with Crippen LogP contribution in [0, 0.1) is 0 Å². The Morgan fingerprint density at radius 3 is 2.71 bits per heavy atom. The number of aromatic nitrogens is 1. The van der Waals surface area contributed by atoms with Gasteiger partial charge in [-0.2, -0.15) is 0 Å². The first kappa shape index (κ1) is 11.2. The van der Waals surface area contributed by atoms with E-state index in [1.165, 1.54) is 11.7 Å². The van der Waals surface area contributed by atoms with E-state index in [1.807, 2.05) is 6.07 Å². The molecular formula is C12H11NO4. The topological polar surface area (TPSA) is 68.5 Å². The molecular weight excluding hydrogens is 222 g/mol. The van der Waals surface area contributed by atoms with Gasteiger partial charge >= 0.3 is 11.9 Å². The maximum absolute atomic E-state index is 11.3. The maximum Gasteiger partial charge on any atom is 0.352 e. The second kappa shape index (κ2) is 4.29. The van der Waals surface area contributed by atoms with Gasteiger partial charge in [0.15, 0.2) is 0 Å². The Bertz CT molecular complexity index is 585. The zero-order chi connectivity index (χ0) is 12.4. The number of hydrogen-bond acceptors (Lipinski definition) is 3. The number of aromatic carboxylic acids is 1. The third-order valence-electron chi connectivity index (χ3n) is 2.54. The predicted molar refractivity (Wildman–Crippen MR) is 60.9 cm³/mol. The van der Waals surface area contributed by atoms with Crippen LogP contribution in [0.4, 0.5) is 0 Å². The van der Waals surface area contributed by atoms with Crippen LogP contribution in [0.5, 0.6) is 0 Å². The first-order chi connectivity index (χ1) is 8.13. The molecule has 0 saturated carbocycles. The monoisotopic (exact) mass is 233 g/mol. The molecule has 0 fully saturated rings. The largest absolute Gasteiger partial charge is 0.477 e. The van der Waals surface area contributed by atoms with E-state index in [1.54, 1.807) is 24.3 Å². The molecule has 0 atom stereocenters. The van der Waals surface area contributed by atoms with Crippen molar-refractivity contribution in [2.75, 3.05) is 7.11 Å². The molecule has 0 aliphatic heterocycles. The second-order valence-corrected chi connectivity index (χ2v) is 3.56. The van der Waals surface area contributed by atoms with Crippen LogP contribution in [0.2, 0.25) is 0 Å². The number of ether oxygens (including phenoxy) is 1. The average Bonchev–Trinajstić information content (AvgIpc) is 2.68. The quantitative estimate of drug-likeness (QED) is 0.816. The van der Waals surface area contributed by atoms with Crippen molar-refractivity contribution in [3.8, 4) is 0 Å². The number of carbonyl (C=O) groups excluding carboxylic acids is 1. The summed E-state index contributed by atoms with van der Waals surface area (Å²) in [6, 6.07) is 8.72. The highest BCUT2D eigenvalue weighted by atomic mass is 16.5. The lowest BCUT2D eigenvalue weighted by Crippen LogP contribution is -2.16. The summed E-state index contributed by atoms with van der Waals surface area (Å²) >= 11 is 0. The molecule has 0 spiro atoms. The highest BCUT2D eigenvalue weighted by Gasteiger charge is 2.16. The smallest absolute Gasteiger partial charge is 0.352 e. The Morgan fingerprint density at radius 1 is 1.35 bits per heavy atom. The van der Waals surface area contributed by atoms with Crippen LogP contribution in [0.3, 0.4) is 0 Å². The minimum Gasteiger partial charge on any atom is -0.477 e. The molecule has 88 valence electrons. The van der Waals surface area contributed by atoms with Gasteiger partial charge in [-0.1, -0.05) is 18.2 Å². The number of benzene rings is 1. The summed E-state index contributed by atoms with van der Waals surface area (Å²) in [4.78, 5) is 22.3. The number of carbonyl (C=O) groups is 2. The molecule has 17 heavy (non-hydrogen) atoms. The summed E-state index contributed by atoms with van der Waals surface area (Å²) in [5.41, 5.74) is 0.784. The van der Waals surface area contributed by atoms with Crippen LogP contribution >= 0.6 is 0 Å². The average molecular weight is 233 g/mol. The zero-order valence-electron chi connectivity index (χ0n) is 9.21. The summed E-state index contributed by atoms with van der Waals surface area (Å²) in [5.74, 6) is -1.54. The third-order valence-corrected chi connectivity index (χ3v) is 2.54. The Kier molecular flexibility index (Phi) is 2.82. The fraction of sp³-hybridized carbons (Fsp3) is 0.167. The van der Waals surface area contributed by atoms with Crippen LogP contribution in [0.15, 0.2) is 30.3 Å². The van der Waals surface area contributed by atoms with Gasteiger partial charge in [0, 0.05) is 10.9 Å². The fourth-order valence-corrected chi connectivity index (χ4v) is 1.75. The fourth-order valence-electron chi connectivity index (χ4n) is 1.75. The molecule has 0 unspecified atom stereocenters. The molecule has 0 radical (unpaired) electrons. The number of rotatable bonds is 3. The molecule has 5 heteroatoms. The summed E-state index contributed by atoms with van der Waals surface area (Å²) in [6.07, 6.45) is 0. The van der Waals surface area contributed by atoms with Gasteiger partial charge in [-0.3, -0.25) is 4.79 Å². The van der Waals surface area contributed by atoms with Gasteiger partial charge in [0.05, 0.1) is 7.11 Å². The highest BCUT2D eigenvalue weighted by Crippen LogP contribution is 2.19. The molecule has 0 aliphatic rings. The minimum absolute atomic E-state index is 0.0802. The number of esters is 1. The molecule has 1 N–H and O–H groups in total. The Labute approximate surface area is 97.2 Å². The van der Waals surface area contributed by atoms with E-state index in [0.29, 0.717) is 5.52 Å². The lowest BCUT2D eigenvalue weighted by molar-refractivity contribution is -0.141. The number of nitrogens with zero attached hydrogens (tertiary/aromatic N) is 1. The van der Waals surface area contributed by atoms with Crippen molar-refractivity contribution in [1.82, 2.24) is 4.57 Å². The molecule has 0 amide bonds. The van der Waals surface area contributed by atoms with Crippen molar-refractivity contribution in [3.05, 3.63) is 36.0 Å². The normalized spacial score (nSPS) is 10.4. The molecule has 0 bridgehead atoms. The van der Waals surface area contributed by atoms with Gasteiger partial charge in [-0.25, -0.2) is 4.79 Å². The van der Waals surface area contributed by atoms with E-state index >= 15 is 0 Å². The zero-order valence-corrected chi connectivity index (χ0v) is 9.21. The number of hydrogen-bond donors (Lipinski definition) is 1. The van der Waals surface area contributed by atoms with Crippen molar-refractivity contribution >= 4 is 22.8 Å². The SMILES string of the molecule is COC(=O)Cn1c(C(=O)O)cc2ccccc21. The van der Waals surface area contributed by atoms with Gasteiger partial charge in [-0.15, -0.1) is 0 Å². The van der Waals surface area contributed by atoms with Crippen molar-refractivity contribution in [1.29, 1.82) is 0 Å². The van der Waals surface area contributed by atoms with E-state index in [9.17, 15) is 9.59 Å². The van der Waals surface area contributed by atoms with E-state index in [-0.39, 0.29) is 12.2 Å². The van der Waals surface area contributed by atoms with Crippen molar-refractivity contribution in [3.63, 3.8) is 0 Å². The summed E-state index contributed by atoms with van der Waals surface area (Å²) in [7, 11) is 1.27. The van der Waals surface area contributed by atoms with Gasteiger partial charge in [0.1, 0.15) is 12.2 Å². The van der Waals surface area contributed by atoms with E-state index < -0.39 is 11.9 Å². The van der Waals surface area contributed by atoms with Crippen LogP contribution in [-0.4, -0.2) is 28.7 Å². The molecule has 2 rings (SSSR count). The number of carboxylic acid groups (broad SMARTS) is 1.